The summed E-state index contributed by atoms with van der Waals surface area (Å²) in [5.41, 5.74) is 0. The summed E-state index contributed by atoms with van der Waals surface area (Å²) in [5, 5.41) is 0. The maximum atomic E-state index is 11.1. The van der Waals surface area contributed by atoms with E-state index in [2.05, 4.69) is 0 Å². The number of rotatable bonds is 3. The molecule has 0 aromatic rings. The Morgan fingerprint density at radius 3 is 2.27 bits per heavy atom. The van der Waals surface area contributed by atoms with Gasteiger partial charge >= 0.3 is 0 Å². The second kappa shape index (κ2) is 3.28. The molecule has 0 heterocycles. The van der Waals surface area contributed by atoms with Gasteiger partial charge in [-0.05, 0) is 6.92 Å². The number of carbonyl (C=O) groups is 2. The molecule has 0 bridgehead atoms. The van der Waals surface area contributed by atoms with Crippen molar-refractivity contribution in [3.63, 3.8) is 0 Å². The third kappa shape index (κ3) is 2.15. The summed E-state index contributed by atoms with van der Waals surface area (Å²) in [6.07, 6.45) is 7.29. The Morgan fingerprint density at radius 2 is 1.82 bits per heavy atom. The molecule has 0 saturated heterocycles. The number of ketones is 2. The smallest absolute Gasteiger partial charge is 0.150 e. The van der Waals surface area contributed by atoms with Gasteiger partial charge in [-0.25, -0.2) is 0 Å². The van der Waals surface area contributed by atoms with Crippen LogP contribution >= 0.6 is 0 Å². The number of hydrogen-bond acceptors (Lipinski definition) is 2. The summed E-state index contributed by atoms with van der Waals surface area (Å²) < 4.78 is 0. The molecule has 0 radical (unpaired) electrons. The zero-order chi connectivity index (χ0) is 8.27. The third-order valence-electron chi connectivity index (χ3n) is 1.54. The van der Waals surface area contributed by atoms with Crippen LogP contribution in [-0.4, -0.2) is 11.6 Å². The van der Waals surface area contributed by atoms with Gasteiger partial charge in [0, 0.05) is 0 Å². The van der Waals surface area contributed by atoms with E-state index in [4.69, 9.17) is 0 Å². The molecule has 0 atom stereocenters. The second-order valence-electron chi connectivity index (χ2n) is 2.64. The van der Waals surface area contributed by atoms with Crippen molar-refractivity contribution < 1.29 is 9.59 Å². The predicted octanol–water partition coefficient (Wildman–Crippen LogP) is 1.28. The lowest BCUT2D eigenvalue weighted by Crippen LogP contribution is -2.11. The quantitative estimate of drug-likeness (QED) is 0.568. The molecule has 0 fully saturated rings. The van der Waals surface area contributed by atoms with Crippen LogP contribution in [0, 0.1) is 5.92 Å². The predicted molar refractivity (Wildman–Crippen MR) is 42.1 cm³/mol. The molecule has 0 unspecified atom stereocenters. The van der Waals surface area contributed by atoms with Gasteiger partial charge in [0.25, 0.3) is 0 Å². The van der Waals surface area contributed by atoms with E-state index >= 15 is 0 Å². The molecule has 1 rings (SSSR count). The number of Topliss-reactive ketones (excluding diaryl/α,β-unsaturated/α-hetero) is 2. The molecule has 11 heavy (non-hydrogen) atoms. The van der Waals surface area contributed by atoms with Crippen LogP contribution in [-0.2, 0) is 9.59 Å². The highest BCUT2D eigenvalue weighted by molar-refractivity contribution is 6.00. The molecule has 0 amide bonds. The first-order chi connectivity index (χ1) is 5.20. The number of carbonyl (C=O) groups excluding carboxylic acids is 2. The van der Waals surface area contributed by atoms with Crippen LogP contribution in [0.2, 0.25) is 0 Å². The molecular weight excluding hydrogens is 140 g/mol. The monoisotopic (exact) mass is 150 g/mol. The van der Waals surface area contributed by atoms with E-state index in [0.717, 1.165) is 0 Å². The van der Waals surface area contributed by atoms with Gasteiger partial charge in [0.1, 0.15) is 5.78 Å². The van der Waals surface area contributed by atoms with Crippen LogP contribution in [0.5, 0.6) is 0 Å². The van der Waals surface area contributed by atoms with Crippen molar-refractivity contribution in [1.29, 1.82) is 0 Å². The zero-order valence-corrected chi connectivity index (χ0v) is 6.41. The van der Waals surface area contributed by atoms with Crippen molar-refractivity contribution >= 4 is 11.6 Å². The SMILES string of the molecule is CC(=O)CC(=O)C1C=CC=C1. The van der Waals surface area contributed by atoms with Crippen LogP contribution < -0.4 is 0 Å². The van der Waals surface area contributed by atoms with E-state index in [1.807, 2.05) is 12.2 Å². The van der Waals surface area contributed by atoms with Gasteiger partial charge in [-0.1, -0.05) is 24.3 Å². The van der Waals surface area contributed by atoms with Gasteiger partial charge < -0.3 is 0 Å². The summed E-state index contributed by atoms with van der Waals surface area (Å²) in [6, 6.07) is 0. The molecule has 0 aliphatic heterocycles. The normalized spacial score (nSPS) is 15.7. The van der Waals surface area contributed by atoms with Crippen molar-refractivity contribution in [3.05, 3.63) is 24.3 Å². The number of allylic oxidation sites excluding steroid dienone is 4. The van der Waals surface area contributed by atoms with Crippen LogP contribution in [0.1, 0.15) is 13.3 Å². The lowest BCUT2D eigenvalue weighted by atomic mass is 10.0. The molecule has 0 spiro atoms. The Morgan fingerprint density at radius 1 is 1.27 bits per heavy atom. The Bertz CT molecular complexity index is 224. The van der Waals surface area contributed by atoms with Crippen LogP contribution in [0.3, 0.4) is 0 Å². The van der Waals surface area contributed by atoms with Gasteiger partial charge in [0.15, 0.2) is 5.78 Å². The molecule has 0 aromatic carbocycles. The minimum atomic E-state index is -0.154. The fraction of sp³-hybridized carbons (Fsp3) is 0.333. The molecule has 0 saturated carbocycles. The number of hydrogen-bond donors (Lipinski definition) is 0. The van der Waals surface area contributed by atoms with Crippen molar-refractivity contribution in [3.8, 4) is 0 Å². The Balaban J connectivity index is 2.48. The van der Waals surface area contributed by atoms with Gasteiger partial charge in [0.05, 0.1) is 12.3 Å². The van der Waals surface area contributed by atoms with Gasteiger partial charge in [-0.15, -0.1) is 0 Å². The summed E-state index contributed by atoms with van der Waals surface area (Å²) in [4.78, 5) is 21.7. The third-order valence-corrected chi connectivity index (χ3v) is 1.54. The summed E-state index contributed by atoms with van der Waals surface area (Å²) in [7, 11) is 0. The maximum Gasteiger partial charge on any atom is 0.150 e. The van der Waals surface area contributed by atoms with E-state index in [-0.39, 0.29) is 23.9 Å². The molecule has 1 aliphatic carbocycles. The highest BCUT2D eigenvalue weighted by Crippen LogP contribution is 2.11. The van der Waals surface area contributed by atoms with E-state index < -0.39 is 0 Å². The summed E-state index contributed by atoms with van der Waals surface area (Å²) >= 11 is 0. The molecule has 1 aliphatic rings. The highest BCUT2D eigenvalue weighted by atomic mass is 16.1. The molecule has 0 N–H and O–H groups in total. The largest absolute Gasteiger partial charge is 0.300 e. The summed E-state index contributed by atoms with van der Waals surface area (Å²) in [5.74, 6) is -0.231. The fourth-order valence-electron chi connectivity index (χ4n) is 1.01. The lowest BCUT2D eigenvalue weighted by molar-refractivity contribution is -0.126. The first-order valence-electron chi connectivity index (χ1n) is 3.57. The Kier molecular flexibility index (Phi) is 2.36. The van der Waals surface area contributed by atoms with Crippen molar-refractivity contribution in [2.24, 2.45) is 5.92 Å². The van der Waals surface area contributed by atoms with Gasteiger partial charge in [-0.2, -0.15) is 0 Å². The minimum Gasteiger partial charge on any atom is -0.300 e. The summed E-state index contributed by atoms with van der Waals surface area (Å²) in [6.45, 7) is 1.43. The highest BCUT2D eigenvalue weighted by Gasteiger charge is 2.15. The van der Waals surface area contributed by atoms with Gasteiger partial charge in [0.2, 0.25) is 0 Å². The molecule has 2 heteroatoms. The first-order valence-corrected chi connectivity index (χ1v) is 3.57. The van der Waals surface area contributed by atoms with E-state index in [1.165, 1.54) is 6.92 Å². The fourth-order valence-corrected chi connectivity index (χ4v) is 1.01. The van der Waals surface area contributed by atoms with Crippen LogP contribution in [0.15, 0.2) is 24.3 Å². The zero-order valence-electron chi connectivity index (χ0n) is 6.41. The van der Waals surface area contributed by atoms with Crippen molar-refractivity contribution in [2.75, 3.05) is 0 Å². The topological polar surface area (TPSA) is 34.1 Å². The van der Waals surface area contributed by atoms with Crippen LogP contribution in [0.25, 0.3) is 0 Å². The van der Waals surface area contributed by atoms with E-state index in [0.29, 0.717) is 0 Å². The molecule has 58 valence electrons. The van der Waals surface area contributed by atoms with E-state index in [1.54, 1.807) is 12.2 Å². The average molecular weight is 150 g/mol. The average Bonchev–Trinajstić information content (AvgIpc) is 2.35. The first kappa shape index (κ1) is 7.92. The molecule has 0 aromatic heterocycles. The van der Waals surface area contributed by atoms with Crippen molar-refractivity contribution in [2.45, 2.75) is 13.3 Å². The maximum absolute atomic E-state index is 11.1. The van der Waals surface area contributed by atoms with Gasteiger partial charge in [-0.3, -0.25) is 9.59 Å². The second-order valence-corrected chi connectivity index (χ2v) is 2.64. The molecule has 2 nitrogen and oxygen atoms in total. The minimum absolute atomic E-state index is 0.0116. The standard InChI is InChI=1S/C9H10O2/c1-7(10)6-9(11)8-4-2-3-5-8/h2-5,8H,6H2,1H3. The van der Waals surface area contributed by atoms with Crippen molar-refractivity contribution in [1.82, 2.24) is 0 Å². The van der Waals surface area contributed by atoms with E-state index in [9.17, 15) is 9.59 Å². The Labute approximate surface area is 65.6 Å². The van der Waals surface area contributed by atoms with Crippen LogP contribution in [0.4, 0.5) is 0 Å². The Hall–Kier alpha value is -1.18. The molecular formula is C9H10O2. The lowest BCUT2D eigenvalue weighted by Gasteiger charge is -2.00.